The number of nitrogens with zero attached hydrogens (tertiary/aromatic N) is 4. The maximum absolute atomic E-state index is 8.82. The van der Waals surface area contributed by atoms with Gasteiger partial charge in [-0.1, -0.05) is 25.1 Å². The summed E-state index contributed by atoms with van der Waals surface area (Å²) >= 11 is 0. The summed E-state index contributed by atoms with van der Waals surface area (Å²) in [5, 5.41) is 21.5. The second-order valence-corrected chi connectivity index (χ2v) is 4.98. The van der Waals surface area contributed by atoms with E-state index in [2.05, 4.69) is 44.1 Å². The van der Waals surface area contributed by atoms with Gasteiger partial charge in [0.05, 0.1) is 5.52 Å². The molecule has 2 N–H and O–H groups in total. The van der Waals surface area contributed by atoms with E-state index in [0.717, 1.165) is 35.0 Å². The summed E-state index contributed by atoms with van der Waals surface area (Å²) in [5.41, 5.74) is 2.84. The van der Waals surface area contributed by atoms with Crippen LogP contribution in [0.25, 0.3) is 22.1 Å². The van der Waals surface area contributed by atoms with Crippen molar-refractivity contribution in [3.05, 3.63) is 24.3 Å². The molecule has 0 aliphatic heterocycles. The molecule has 0 unspecified atom stereocenters. The summed E-state index contributed by atoms with van der Waals surface area (Å²) in [6, 6.07) is 8.18. The van der Waals surface area contributed by atoms with Gasteiger partial charge in [0.1, 0.15) is 5.52 Å². The number of fused-ring (bicyclic) bond motifs is 3. The second kappa shape index (κ2) is 6.05. The SMILES string of the molecule is CCCn1c2ccccc2c2nnc(NCCCO)nc21. The van der Waals surface area contributed by atoms with Crippen LogP contribution in [0, 0.1) is 0 Å². The van der Waals surface area contributed by atoms with Crippen LogP contribution >= 0.6 is 0 Å². The lowest BCUT2D eigenvalue weighted by Gasteiger charge is -2.05. The molecule has 0 amide bonds. The van der Waals surface area contributed by atoms with Crippen molar-refractivity contribution in [3.63, 3.8) is 0 Å². The van der Waals surface area contributed by atoms with Gasteiger partial charge in [-0.15, -0.1) is 10.2 Å². The molecule has 0 radical (unpaired) electrons. The maximum Gasteiger partial charge on any atom is 0.244 e. The molecule has 0 saturated carbocycles. The normalized spacial score (nSPS) is 11.3. The van der Waals surface area contributed by atoms with E-state index in [1.54, 1.807) is 0 Å². The van der Waals surface area contributed by atoms with Crippen molar-refractivity contribution >= 4 is 28.0 Å². The van der Waals surface area contributed by atoms with E-state index < -0.39 is 0 Å². The Labute approximate surface area is 122 Å². The lowest BCUT2D eigenvalue weighted by atomic mass is 10.2. The van der Waals surface area contributed by atoms with Gasteiger partial charge in [0, 0.05) is 25.1 Å². The van der Waals surface area contributed by atoms with Crippen LogP contribution in [0.3, 0.4) is 0 Å². The number of aliphatic hydroxyl groups excluding tert-OH is 1. The molecule has 0 bridgehead atoms. The molecule has 0 atom stereocenters. The summed E-state index contributed by atoms with van der Waals surface area (Å²) in [6.45, 7) is 3.84. The minimum Gasteiger partial charge on any atom is -0.396 e. The zero-order valence-electron chi connectivity index (χ0n) is 12.1. The van der Waals surface area contributed by atoms with Gasteiger partial charge in [0.15, 0.2) is 5.65 Å². The monoisotopic (exact) mass is 285 g/mol. The van der Waals surface area contributed by atoms with Gasteiger partial charge in [0.25, 0.3) is 0 Å². The molecule has 6 nitrogen and oxygen atoms in total. The van der Waals surface area contributed by atoms with Crippen molar-refractivity contribution in [2.75, 3.05) is 18.5 Å². The van der Waals surface area contributed by atoms with Crippen LogP contribution in [0.1, 0.15) is 19.8 Å². The van der Waals surface area contributed by atoms with E-state index in [4.69, 9.17) is 5.11 Å². The molecule has 0 saturated heterocycles. The van der Waals surface area contributed by atoms with E-state index in [1.807, 2.05) is 12.1 Å². The molecule has 2 heterocycles. The third-order valence-electron chi connectivity index (χ3n) is 3.44. The van der Waals surface area contributed by atoms with E-state index in [0.29, 0.717) is 18.9 Å². The zero-order chi connectivity index (χ0) is 14.7. The third-order valence-corrected chi connectivity index (χ3v) is 3.44. The fraction of sp³-hybridized carbons (Fsp3) is 0.400. The van der Waals surface area contributed by atoms with Gasteiger partial charge >= 0.3 is 0 Å². The molecule has 0 fully saturated rings. The first-order valence-electron chi connectivity index (χ1n) is 7.31. The summed E-state index contributed by atoms with van der Waals surface area (Å²) in [4.78, 5) is 4.60. The number of para-hydroxylation sites is 1. The lowest BCUT2D eigenvalue weighted by Crippen LogP contribution is -2.08. The number of benzene rings is 1. The number of anilines is 1. The van der Waals surface area contributed by atoms with Gasteiger partial charge < -0.3 is 15.0 Å². The van der Waals surface area contributed by atoms with Crippen molar-refractivity contribution in [2.45, 2.75) is 26.3 Å². The lowest BCUT2D eigenvalue weighted by molar-refractivity contribution is 0.292. The van der Waals surface area contributed by atoms with Crippen LogP contribution in [0.2, 0.25) is 0 Å². The molecule has 1 aromatic carbocycles. The first kappa shape index (κ1) is 13.8. The largest absolute Gasteiger partial charge is 0.396 e. The molecule has 2 aromatic heterocycles. The van der Waals surface area contributed by atoms with Crippen molar-refractivity contribution in [2.24, 2.45) is 0 Å². The Morgan fingerprint density at radius 3 is 2.90 bits per heavy atom. The predicted octanol–water partition coefficient (Wildman–Crippen LogP) is 2.18. The number of hydrogen-bond acceptors (Lipinski definition) is 5. The third kappa shape index (κ3) is 2.54. The number of hydrogen-bond donors (Lipinski definition) is 2. The van der Waals surface area contributed by atoms with Crippen LogP contribution < -0.4 is 5.32 Å². The van der Waals surface area contributed by atoms with Gasteiger partial charge in [0.2, 0.25) is 5.95 Å². The van der Waals surface area contributed by atoms with Crippen LogP contribution in [0.5, 0.6) is 0 Å². The van der Waals surface area contributed by atoms with E-state index >= 15 is 0 Å². The van der Waals surface area contributed by atoms with Gasteiger partial charge in [-0.2, -0.15) is 4.98 Å². The fourth-order valence-electron chi connectivity index (χ4n) is 2.51. The first-order valence-corrected chi connectivity index (χ1v) is 7.31. The molecular formula is C15H19N5O. The van der Waals surface area contributed by atoms with Gasteiger partial charge in [-0.05, 0) is 18.9 Å². The Bertz CT molecular complexity index is 752. The number of aryl methyl sites for hydroxylation is 1. The standard InChI is InChI=1S/C15H19N5O/c1-2-9-20-12-7-4-3-6-11(12)13-14(20)17-15(19-18-13)16-8-5-10-21/h3-4,6-7,21H,2,5,8-10H2,1H3,(H,16,17,19). The average Bonchev–Trinajstić information content (AvgIpc) is 2.82. The molecular weight excluding hydrogens is 266 g/mol. The number of aromatic nitrogens is 4. The van der Waals surface area contributed by atoms with Crippen LogP contribution in [0.4, 0.5) is 5.95 Å². The Hall–Kier alpha value is -2.21. The predicted molar refractivity (Wildman–Crippen MR) is 83.3 cm³/mol. The minimum absolute atomic E-state index is 0.152. The smallest absolute Gasteiger partial charge is 0.244 e. The highest BCUT2D eigenvalue weighted by molar-refractivity contribution is 6.04. The van der Waals surface area contributed by atoms with Crippen LogP contribution in [-0.2, 0) is 6.54 Å². The molecule has 0 aliphatic carbocycles. The van der Waals surface area contributed by atoms with Crippen LogP contribution in [-0.4, -0.2) is 38.0 Å². The molecule has 0 spiro atoms. The fourth-order valence-corrected chi connectivity index (χ4v) is 2.51. The summed E-state index contributed by atoms with van der Waals surface area (Å²) < 4.78 is 2.19. The van der Waals surface area contributed by atoms with Crippen LogP contribution in [0.15, 0.2) is 24.3 Å². The Kier molecular flexibility index (Phi) is 3.96. The summed E-state index contributed by atoms with van der Waals surface area (Å²) in [7, 11) is 0. The number of rotatable bonds is 6. The zero-order valence-corrected chi connectivity index (χ0v) is 12.1. The first-order chi connectivity index (χ1) is 10.3. The molecule has 3 rings (SSSR count). The number of aliphatic hydroxyl groups is 1. The minimum atomic E-state index is 0.152. The van der Waals surface area contributed by atoms with Gasteiger partial charge in [-0.25, -0.2) is 0 Å². The Morgan fingerprint density at radius 1 is 1.24 bits per heavy atom. The number of nitrogens with one attached hydrogen (secondary N) is 1. The molecule has 3 aromatic rings. The highest BCUT2D eigenvalue weighted by Gasteiger charge is 2.13. The van der Waals surface area contributed by atoms with E-state index in [1.165, 1.54) is 0 Å². The summed E-state index contributed by atoms with van der Waals surface area (Å²) in [5.74, 6) is 0.510. The van der Waals surface area contributed by atoms with E-state index in [-0.39, 0.29) is 6.61 Å². The molecule has 6 heteroatoms. The van der Waals surface area contributed by atoms with Crippen molar-refractivity contribution in [1.29, 1.82) is 0 Å². The molecule has 21 heavy (non-hydrogen) atoms. The molecule has 110 valence electrons. The Balaban J connectivity index is 2.10. The average molecular weight is 285 g/mol. The highest BCUT2D eigenvalue weighted by atomic mass is 16.3. The topological polar surface area (TPSA) is 75.9 Å². The van der Waals surface area contributed by atoms with Crippen molar-refractivity contribution < 1.29 is 5.11 Å². The van der Waals surface area contributed by atoms with Crippen molar-refractivity contribution in [1.82, 2.24) is 19.7 Å². The molecule has 0 aliphatic rings. The summed E-state index contributed by atoms with van der Waals surface area (Å²) in [6.07, 6.45) is 1.70. The highest BCUT2D eigenvalue weighted by Crippen LogP contribution is 2.26. The van der Waals surface area contributed by atoms with Gasteiger partial charge in [-0.3, -0.25) is 0 Å². The second-order valence-electron chi connectivity index (χ2n) is 4.98. The quantitative estimate of drug-likeness (QED) is 0.679. The Morgan fingerprint density at radius 2 is 2.10 bits per heavy atom. The maximum atomic E-state index is 8.82. The van der Waals surface area contributed by atoms with E-state index in [9.17, 15) is 0 Å². The van der Waals surface area contributed by atoms with Crippen molar-refractivity contribution in [3.8, 4) is 0 Å².